The second-order valence-electron chi connectivity index (χ2n) is 2.59. The fourth-order valence-electron chi connectivity index (χ4n) is 1.10. The zero-order valence-electron chi connectivity index (χ0n) is 7.33. The van der Waals surface area contributed by atoms with Crippen molar-refractivity contribution in [2.75, 3.05) is 0 Å². The van der Waals surface area contributed by atoms with Gasteiger partial charge in [-0.15, -0.1) is 5.10 Å². The first-order valence-corrected chi connectivity index (χ1v) is 3.92. The number of carbonyl (C=O) groups excluding carboxylic acids is 1. The highest BCUT2D eigenvalue weighted by Gasteiger charge is 2.06. The summed E-state index contributed by atoms with van der Waals surface area (Å²) in [4.78, 5) is 13.5. The van der Waals surface area contributed by atoms with Gasteiger partial charge in [0, 0.05) is 6.07 Å². The SMILES string of the molecule is O=C=Nc1cc(F)ccc1-n1cnnn1. The van der Waals surface area contributed by atoms with E-state index in [2.05, 4.69) is 20.5 Å². The van der Waals surface area contributed by atoms with Gasteiger partial charge >= 0.3 is 0 Å². The molecule has 74 valence electrons. The van der Waals surface area contributed by atoms with Crippen LogP contribution in [0.15, 0.2) is 29.5 Å². The van der Waals surface area contributed by atoms with E-state index in [0.717, 1.165) is 6.07 Å². The van der Waals surface area contributed by atoms with E-state index in [-0.39, 0.29) is 5.69 Å². The number of aliphatic imine (C=N–C) groups is 1. The molecule has 6 nitrogen and oxygen atoms in total. The minimum Gasteiger partial charge on any atom is -0.211 e. The highest BCUT2D eigenvalue weighted by atomic mass is 19.1. The summed E-state index contributed by atoms with van der Waals surface area (Å²) in [5, 5.41) is 10.4. The minimum absolute atomic E-state index is 0.123. The largest absolute Gasteiger partial charge is 0.240 e. The van der Waals surface area contributed by atoms with Gasteiger partial charge in [-0.3, -0.25) is 0 Å². The average molecular weight is 205 g/mol. The third-order valence-electron chi connectivity index (χ3n) is 1.70. The molecule has 7 heteroatoms. The molecule has 0 atom stereocenters. The maximum atomic E-state index is 12.9. The average Bonchev–Trinajstić information content (AvgIpc) is 2.71. The number of benzene rings is 1. The van der Waals surface area contributed by atoms with Crippen LogP contribution in [0.2, 0.25) is 0 Å². The minimum atomic E-state index is -0.499. The number of tetrazole rings is 1. The summed E-state index contributed by atoms with van der Waals surface area (Å²) < 4.78 is 14.1. The predicted molar refractivity (Wildman–Crippen MR) is 46.9 cm³/mol. The molecule has 0 aliphatic heterocycles. The number of hydrogen-bond acceptors (Lipinski definition) is 5. The highest BCUT2D eigenvalue weighted by Crippen LogP contribution is 2.22. The van der Waals surface area contributed by atoms with Crippen LogP contribution in [-0.2, 0) is 4.79 Å². The van der Waals surface area contributed by atoms with Gasteiger partial charge in [-0.1, -0.05) is 0 Å². The summed E-state index contributed by atoms with van der Waals surface area (Å²) in [6.45, 7) is 0. The molecule has 0 radical (unpaired) electrons. The van der Waals surface area contributed by atoms with Gasteiger partial charge in [0.25, 0.3) is 0 Å². The molecular weight excluding hydrogens is 201 g/mol. The van der Waals surface area contributed by atoms with Crippen LogP contribution in [0.3, 0.4) is 0 Å². The van der Waals surface area contributed by atoms with Crippen LogP contribution in [0.25, 0.3) is 5.69 Å². The summed E-state index contributed by atoms with van der Waals surface area (Å²) in [7, 11) is 0. The Balaban J connectivity index is 2.60. The highest BCUT2D eigenvalue weighted by molar-refractivity contribution is 5.61. The van der Waals surface area contributed by atoms with Gasteiger partial charge in [0.05, 0.1) is 5.69 Å². The van der Waals surface area contributed by atoms with Gasteiger partial charge in [-0.05, 0) is 22.6 Å². The van der Waals surface area contributed by atoms with Gasteiger partial charge in [0.15, 0.2) is 0 Å². The molecule has 1 aromatic heterocycles. The molecule has 0 saturated heterocycles. The third kappa shape index (κ3) is 1.77. The van der Waals surface area contributed by atoms with Crippen LogP contribution in [-0.4, -0.2) is 26.3 Å². The third-order valence-corrected chi connectivity index (χ3v) is 1.70. The molecule has 0 fully saturated rings. The maximum absolute atomic E-state index is 12.9. The van der Waals surface area contributed by atoms with Gasteiger partial charge < -0.3 is 0 Å². The van der Waals surface area contributed by atoms with E-state index < -0.39 is 5.82 Å². The van der Waals surface area contributed by atoms with E-state index in [1.165, 1.54) is 29.2 Å². The first-order valence-electron chi connectivity index (χ1n) is 3.92. The molecule has 0 bridgehead atoms. The summed E-state index contributed by atoms with van der Waals surface area (Å²) in [6.07, 6.45) is 2.66. The Morgan fingerprint density at radius 3 is 3.00 bits per heavy atom. The number of rotatable bonds is 2. The summed E-state index contributed by atoms with van der Waals surface area (Å²) >= 11 is 0. The molecule has 0 amide bonds. The Morgan fingerprint density at radius 2 is 2.33 bits per heavy atom. The monoisotopic (exact) mass is 205 g/mol. The standard InChI is InChI=1S/C8H4FN5O/c9-6-1-2-8(7(3-6)10-5-15)14-4-11-12-13-14/h1-4H. The van der Waals surface area contributed by atoms with Crippen molar-refractivity contribution < 1.29 is 9.18 Å². The van der Waals surface area contributed by atoms with Crippen molar-refractivity contribution in [3.8, 4) is 5.69 Å². The van der Waals surface area contributed by atoms with Crippen LogP contribution in [0.4, 0.5) is 10.1 Å². The predicted octanol–water partition coefficient (Wildman–Crippen LogP) is 0.769. The van der Waals surface area contributed by atoms with Crippen molar-refractivity contribution in [1.29, 1.82) is 0 Å². The zero-order valence-corrected chi connectivity index (χ0v) is 7.33. The van der Waals surface area contributed by atoms with Crippen molar-refractivity contribution in [3.63, 3.8) is 0 Å². The number of hydrogen-bond donors (Lipinski definition) is 0. The number of isocyanates is 1. The molecular formula is C8H4FN5O. The Bertz CT molecular complexity index is 518. The molecule has 0 spiro atoms. The Kier molecular flexibility index (Phi) is 2.30. The molecule has 0 saturated carbocycles. The molecule has 2 rings (SSSR count). The molecule has 1 aromatic carbocycles. The quantitative estimate of drug-likeness (QED) is 0.536. The first-order chi connectivity index (χ1) is 7.31. The van der Waals surface area contributed by atoms with Crippen LogP contribution >= 0.6 is 0 Å². The van der Waals surface area contributed by atoms with Gasteiger partial charge in [0.1, 0.15) is 17.8 Å². The molecule has 15 heavy (non-hydrogen) atoms. The molecule has 0 aliphatic carbocycles. The lowest BCUT2D eigenvalue weighted by molar-refractivity contribution is 0.565. The van der Waals surface area contributed by atoms with Crippen molar-refractivity contribution >= 4 is 11.8 Å². The van der Waals surface area contributed by atoms with E-state index in [4.69, 9.17) is 0 Å². The lowest BCUT2D eigenvalue weighted by Gasteiger charge is -2.01. The fraction of sp³-hybridized carbons (Fsp3) is 0. The van der Waals surface area contributed by atoms with E-state index in [1.807, 2.05) is 0 Å². The van der Waals surface area contributed by atoms with Gasteiger partial charge in [0.2, 0.25) is 6.08 Å². The maximum Gasteiger partial charge on any atom is 0.240 e. The first kappa shape index (κ1) is 9.17. The molecule has 0 unspecified atom stereocenters. The molecule has 0 N–H and O–H groups in total. The van der Waals surface area contributed by atoms with Crippen LogP contribution in [0.5, 0.6) is 0 Å². The van der Waals surface area contributed by atoms with Crippen molar-refractivity contribution in [2.45, 2.75) is 0 Å². The topological polar surface area (TPSA) is 73.0 Å². The lowest BCUT2D eigenvalue weighted by Crippen LogP contribution is -1.95. The van der Waals surface area contributed by atoms with E-state index in [9.17, 15) is 9.18 Å². The number of aromatic nitrogens is 4. The van der Waals surface area contributed by atoms with Crippen LogP contribution in [0, 0.1) is 5.82 Å². The summed E-state index contributed by atoms with van der Waals surface area (Å²) in [6, 6.07) is 3.74. The van der Waals surface area contributed by atoms with Crippen molar-refractivity contribution in [1.82, 2.24) is 20.2 Å². The summed E-state index contributed by atoms with van der Waals surface area (Å²) in [5.41, 5.74) is 0.530. The van der Waals surface area contributed by atoms with E-state index in [0.29, 0.717) is 5.69 Å². The normalized spacial score (nSPS) is 9.67. The second kappa shape index (κ2) is 3.77. The zero-order chi connectivity index (χ0) is 10.7. The lowest BCUT2D eigenvalue weighted by atomic mass is 10.2. The van der Waals surface area contributed by atoms with Crippen LogP contribution in [0.1, 0.15) is 0 Å². The second-order valence-corrected chi connectivity index (χ2v) is 2.59. The van der Waals surface area contributed by atoms with E-state index in [1.54, 1.807) is 0 Å². The summed E-state index contributed by atoms with van der Waals surface area (Å²) in [5.74, 6) is -0.499. The number of nitrogens with zero attached hydrogens (tertiary/aromatic N) is 5. The fourth-order valence-corrected chi connectivity index (χ4v) is 1.10. The number of halogens is 1. The molecule has 2 aromatic rings. The Hall–Kier alpha value is -2.40. The van der Waals surface area contributed by atoms with E-state index >= 15 is 0 Å². The van der Waals surface area contributed by atoms with Crippen molar-refractivity contribution in [3.05, 3.63) is 30.3 Å². The van der Waals surface area contributed by atoms with Gasteiger partial charge in [-0.2, -0.15) is 9.67 Å². The van der Waals surface area contributed by atoms with Crippen LogP contribution < -0.4 is 0 Å². The molecule has 0 aliphatic rings. The Labute approximate surface area is 83.1 Å². The Morgan fingerprint density at radius 1 is 1.47 bits per heavy atom. The van der Waals surface area contributed by atoms with Gasteiger partial charge in [-0.25, -0.2) is 9.18 Å². The smallest absolute Gasteiger partial charge is 0.211 e. The van der Waals surface area contributed by atoms with Crippen molar-refractivity contribution in [2.24, 2.45) is 4.99 Å². The molecule has 1 heterocycles.